The van der Waals surface area contributed by atoms with Crippen molar-refractivity contribution in [3.63, 3.8) is 0 Å². The van der Waals surface area contributed by atoms with Crippen LogP contribution in [0.2, 0.25) is 0 Å². The first kappa shape index (κ1) is 21.6. The lowest BCUT2D eigenvalue weighted by Gasteiger charge is -2.34. The average Bonchev–Trinajstić information content (AvgIpc) is 2.76. The van der Waals surface area contributed by atoms with Gasteiger partial charge in [0.05, 0.1) is 30.9 Å². The molecule has 1 saturated carbocycles. The first-order valence-corrected chi connectivity index (χ1v) is 11.7. The van der Waals surface area contributed by atoms with Crippen LogP contribution in [-0.4, -0.2) is 72.9 Å². The number of hydrogen-bond acceptors (Lipinski definition) is 6. The largest absolute Gasteiger partial charge is 0.507 e. The van der Waals surface area contributed by atoms with Crippen molar-refractivity contribution < 1.29 is 14.6 Å². The summed E-state index contributed by atoms with van der Waals surface area (Å²) in [5.74, 6) is 1.34. The van der Waals surface area contributed by atoms with E-state index in [0.717, 1.165) is 81.3 Å². The summed E-state index contributed by atoms with van der Waals surface area (Å²) in [7, 11) is 0. The molecule has 4 rings (SSSR count). The Labute approximate surface area is 186 Å². The van der Waals surface area contributed by atoms with Gasteiger partial charge in [-0.3, -0.25) is 9.69 Å². The monoisotopic (exact) mass is 478 g/mol. The number of pyridine rings is 1. The molecule has 0 atom stereocenters. The number of hydrogen-bond donors (Lipinski definition) is 2. The number of aliphatic hydroxyl groups is 1. The number of rotatable bonds is 5. The van der Waals surface area contributed by atoms with Crippen molar-refractivity contribution in [3.05, 3.63) is 27.9 Å². The van der Waals surface area contributed by atoms with E-state index in [4.69, 9.17) is 4.74 Å². The van der Waals surface area contributed by atoms with Gasteiger partial charge in [0.15, 0.2) is 0 Å². The predicted molar refractivity (Wildman–Crippen MR) is 121 cm³/mol. The Bertz CT molecular complexity index is 802. The van der Waals surface area contributed by atoms with Crippen LogP contribution in [0.25, 0.3) is 5.76 Å². The number of anilines is 1. The van der Waals surface area contributed by atoms with Crippen LogP contribution in [0.1, 0.15) is 38.2 Å². The molecule has 0 aromatic carbocycles. The van der Waals surface area contributed by atoms with Crippen LogP contribution in [0.4, 0.5) is 5.82 Å². The number of nitrogens with zero attached hydrogens (tertiary/aromatic N) is 3. The molecule has 1 aromatic rings. The minimum Gasteiger partial charge on any atom is -0.507 e. The standard InChI is InChI=1S/C22H31BrN4O3/c1-15-2-4-17(5-3-15)25-22(29)19-14-27(7-6-26-8-10-30-11-9-26)21-18(20(19)28)12-16(23)13-24-21/h12-13,15,17,28H,2-11,14H2,1H3,(H,25,29)/t15-,17-. The summed E-state index contributed by atoms with van der Waals surface area (Å²) in [6.07, 6.45) is 6.03. The number of carbonyl (C=O) groups is 1. The summed E-state index contributed by atoms with van der Waals surface area (Å²) in [6.45, 7) is 7.61. The van der Waals surface area contributed by atoms with Gasteiger partial charge in [-0.25, -0.2) is 4.98 Å². The molecule has 3 heterocycles. The second-order valence-corrected chi connectivity index (χ2v) is 9.57. The van der Waals surface area contributed by atoms with E-state index in [9.17, 15) is 9.90 Å². The number of nitrogens with one attached hydrogen (secondary N) is 1. The van der Waals surface area contributed by atoms with E-state index >= 15 is 0 Å². The molecule has 1 aliphatic carbocycles. The van der Waals surface area contributed by atoms with Gasteiger partial charge in [-0.05, 0) is 53.6 Å². The summed E-state index contributed by atoms with van der Waals surface area (Å²) >= 11 is 3.44. The number of morpholine rings is 1. The summed E-state index contributed by atoms with van der Waals surface area (Å²) in [5.41, 5.74) is 1.04. The average molecular weight is 479 g/mol. The summed E-state index contributed by atoms with van der Waals surface area (Å²) < 4.78 is 6.22. The summed E-state index contributed by atoms with van der Waals surface area (Å²) in [5, 5.41) is 14.1. The van der Waals surface area contributed by atoms with Crippen molar-refractivity contribution in [2.45, 2.75) is 38.6 Å². The van der Waals surface area contributed by atoms with Crippen molar-refractivity contribution in [1.82, 2.24) is 15.2 Å². The van der Waals surface area contributed by atoms with Gasteiger partial charge in [0.1, 0.15) is 11.6 Å². The van der Waals surface area contributed by atoms with Gasteiger partial charge in [0.2, 0.25) is 0 Å². The number of carbonyl (C=O) groups excluding carboxylic acids is 1. The van der Waals surface area contributed by atoms with E-state index in [-0.39, 0.29) is 17.7 Å². The molecule has 2 N–H and O–H groups in total. The Morgan fingerprint density at radius 1 is 1.27 bits per heavy atom. The van der Waals surface area contributed by atoms with E-state index in [1.807, 2.05) is 6.07 Å². The number of fused-ring (bicyclic) bond motifs is 1. The zero-order valence-corrected chi connectivity index (χ0v) is 19.2. The molecule has 2 aliphatic heterocycles. The molecular weight excluding hydrogens is 448 g/mol. The van der Waals surface area contributed by atoms with Crippen LogP contribution < -0.4 is 10.2 Å². The van der Waals surface area contributed by atoms with Crippen molar-refractivity contribution in [3.8, 4) is 0 Å². The lowest BCUT2D eigenvalue weighted by atomic mass is 9.87. The number of aliphatic hydroxyl groups excluding tert-OH is 1. The van der Waals surface area contributed by atoms with Crippen LogP contribution in [0.3, 0.4) is 0 Å². The van der Waals surface area contributed by atoms with E-state index in [1.54, 1.807) is 6.20 Å². The summed E-state index contributed by atoms with van der Waals surface area (Å²) in [4.78, 5) is 22.1. The van der Waals surface area contributed by atoms with Gasteiger partial charge < -0.3 is 20.1 Å². The quantitative estimate of drug-likeness (QED) is 0.677. The zero-order valence-electron chi connectivity index (χ0n) is 17.6. The predicted octanol–water partition coefficient (Wildman–Crippen LogP) is 2.96. The van der Waals surface area contributed by atoms with Gasteiger partial charge >= 0.3 is 0 Å². The number of ether oxygens (including phenoxy) is 1. The fraction of sp³-hybridized carbons (Fsp3) is 0.636. The van der Waals surface area contributed by atoms with Gasteiger partial charge in [-0.15, -0.1) is 0 Å². The molecule has 30 heavy (non-hydrogen) atoms. The maximum absolute atomic E-state index is 13.1. The SMILES string of the molecule is C[C@H]1CC[C@H](NC(=O)C2=C(O)c3cc(Br)cnc3N(CCN3CCOCC3)C2)CC1. The van der Waals surface area contributed by atoms with Crippen LogP contribution in [0.15, 0.2) is 22.3 Å². The van der Waals surface area contributed by atoms with Crippen LogP contribution in [0.5, 0.6) is 0 Å². The van der Waals surface area contributed by atoms with Crippen LogP contribution >= 0.6 is 15.9 Å². The van der Waals surface area contributed by atoms with Crippen LogP contribution in [0, 0.1) is 5.92 Å². The van der Waals surface area contributed by atoms with Gasteiger partial charge in [0.25, 0.3) is 5.91 Å². The van der Waals surface area contributed by atoms with Gasteiger partial charge in [-0.1, -0.05) is 6.92 Å². The molecule has 164 valence electrons. The number of aromatic nitrogens is 1. The Balaban J connectivity index is 1.50. The fourth-order valence-electron chi connectivity index (χ4n) is 4.49. The zero-order chi connectivity index (χ0) is 21.1. The number of halogens is 1. The first-order valence-electron chi connectivity index (χ1n) is 10.9. The molecule has 1 saturated heterocycles. The van der Waals surface area contributed by atoms with E-state index in [2.05, 4.69) is 43.0 Å². The number of amides is 1. The molecule has 1 aromatic heterocycles. The topological polar surface area (TPSA) is 77.9 Å². The Hall–Kier alpha value is -1.64. The highest BCUT2D eigenvalue weighted by atomic mass is 79.9. The van der Waals surface area contributed by atoms with Crippen molar-refractivity contribution in [1.29, 1.82) is 0 Å². The van der Waals surface area contributed by atoms with Gasteiger partial charge in [-0.2, -0.15) is 0 Å². The van der Waals surface area contributed by atoms with E-state index < -0.39 is 0 Å². The van der Waals surface area contributed by atoms with Gasteiger partial charge in [0, 0.05) is 42.9 Å². The maximum atomic E-state index is 13.1. The molecule has 0 spiro atoms. The molecule has 8 heteroatoms. The highest BCUT2D eigenvalue weighted by molar-refractivity contribution is 9.10. The molecule has 3 aliphatic rings. The molecule has 0 unspecified atom stereocenters. The minimum absolute atomic E-state index is 0.0445. The Kier molecular flexibility index (Phi) is 6.95. The molecule has 7 nitrogen and oxygen atoms in total. The normalized spacial score (nSPS) is 25.2. The third-order valence-corrected chi connectivity index (χ3v) is 6.87. The lowest BCUT2D eigenvalue weighted by molar-refractivity contribution is -0.118. The molecule has 0 radical (unpaired) electrons. The van der Waals surface area contributed by atoms with Crippen LogP contribution in [-0.2, 0) is 9.53 Å². The second-order valence-electron chi connectivity index (χ2n) is 8.66. The van der Waals surface area contributed by atoms with Crippen molar-refractivity contribution >= 4 is 33.4 Å². The molecule has 2 fully saturated rings. The summed E-state index contributed by atoms with van der Waals surface area (Å²) in [6, 6.07) is 2.03. The smallest absolute Gasteiger partial charge is 0.253 e. The maximum Gasteiger partial charge on any atom is 0.253 e. The minimum atomic E-state index is -0.158. The Morgan fingerprint density at radius 3 is 2.73 bits per heavy atom. The fourth-order valence-corrected chi connectivity index (χ4v) is 4.82. The second kappa shape index (κ2) is 9.66. The van der Waals surface area contributed by atoms with E-state index in [1.165, 1.54) is 0 Å². The van der Waals surface area contributed by atoms with Crippen molar-refractivity contribution in [2.75, 3.05) is 50.8 Å². The molecule has 1 amide bonds. The third-order valence-electron chi connectivity index (χ3n) is 6.44. The highest BCUT2D eigenvalue weighted by Gasteiger charge is 2.31. The third kappa shape index (κ3) is 4.98. The molecule has 0 bridgehead atoms. The lowest BCUT2D eigenvalue weighted by Crippen LogP contribution is -2.45. The Morgan fingerprint density at radius 2 is 2.00 bits per heavy atom. The molecular formula is C22H31BrN4O3. The van der Waals surface area contributed by atoms with Crippen molar-refractivity contribution in [2.24, 2.45) is 5.92 Å². The highest BCUT2D eigenvalue weighted by Crippen LogP contribution is 2.34. The first-order chi connectivity index (χ1) is 14.5. The van der Waals surface area contributed by atoms with E-state index in [0.29, 0.717) is 17.7 Å².